The van der Waals surface area contributed by atoms with E-state index in [4.69, 9.17) is 23.2 Å². The second kappa shape index (κ2) is 8.66. The summed E-state index contributed by atoms with van der Waals surface area (Å²) in [7, 11) is 0. The number of nitrogens with one attached hydrogen (secondary N) is 2. The fourth-order valence-electron chi connectivity index (χ4n) is 2.36. The Labute approximate surface area is 165 Å². The summed E-state index contributed by atoms with van der Waals surface area (Å²) in [6.07, 6.45) is 1.22. The van der Waals surface area contributed by atoms with Crippen LogP contribution in [0.3, 0.4) is 0 Å². The normalized spacial score (nSPS) is 10.4. The van der Waals surface area contributed by atoms with Crippen molar-refractivity contribution in [3.05, 3.63) is 74.9 Å². The van der Waals surface area contributed by atoms with Crippen molar-refractivity contribution < 1.29 is 4.92 Å². The molecular formula is C18H15Cl2N5O2. The van der Waals surface area contributed by atoms with E-state index in [1.54, 1.807) is 18.2 Å². The molecule has 0 saturated heterocycles. The lowest BCUT2D eigenvalue weighted by Crippen LogP contribution is -2.15. The highest BCUT2D eigenvalue weighted by molar-refractivity contribution is 6.36. The second-order valence-corrected chi connectivity index (χ2v) is 6.39. The SMILES string of the molecule is O=[N+]([O-])c1ccc(NCCNc2cccc(-c3ccc(Cl)cc3Cl)n2)nc1. The zero-order valence-electron chi connectivity index (χ0n) is 14.0. The van der Waals surface area contributed by atoms with Crippen molar-refractivity contribution in [2.45, 2.75) is 0 Å². The Morgan fingerprint density at radius 3 is 2.44 bits per heavy atom. The van der Waals surface area contributed by atoms with E-state index >= 15 is 0 Å². The van der Waals surface area contributed by atoms with Crippen LogP contribution in [0.5, 0.6) is 0 Å². The molecule has 0 bridgehead atoms. The van der Waals surface area contributed by atoms with E-state index in [0.717, 1.165) is 11.3 Å². The lowest BCUT2D eigenvalue weighted by atomic mass is 10.1. The minimum absolute atomic E-state index is 0.0412. The summed E-state index contributed by atoms with van der Waals surface area (Å²) in [5.74, 6) is 1.27. The van der Waals surface area contributed by atoms with Gasteiger partial charge in [0, 0.05) is 29.7 Å². The maximum atomic E-state index is 10.6. The zero-order valence-corrected chi connectivity index (χ0v) is 15.5. The summed E-state index contributed by atoms with van der Waals surface area (Å²) in [6, 6.07) is 13.9. The van der Waals surface area contributed by atoms with Gasteiger partial charge in [-0.05, 0) is 36.4 Å². The highest BCUT2D eigenvalue weighted by Crippen LogP contribution is 2.29. The van der Waals surface area contributed by atoms with Gasteiger partial charge in [-0.2, -0.15) is 0 Å². The van der Waals surface area contributed by atoms with E-state index in [2.05, 4.69) is 20.6 Å². The molecule has 0 amide bonds. The minimum Gasteiger partial charge on any atom is -0.368 e. The first-order chi connectivity index (χ1) is 13.0. The molecule has 0 unspecified atom stereocenters. The van der Waals surface area contributed by atoms with Crippen LogP contribution in [0.15, 0.2) is 54.7 Å². The van der Waals surface area contributed by atoms with Crippen molar-refractivity contribution in [3.8, 4) is 11.3 Å². The molecule has 0 saturated carbocycles. The smallest absolute Gasteiger partial charge is 0.287 e. The number of aromatic nitrogens is 2. The number of halogens is 2. The molecule has 1 aromatic carbocycles. The number of anilines is 2. The molecule has 0 fully saturated rings. The van der Waals surface area contributed by atoms with Crippen LogP contribution in [-0.4, -0.2) is 28.0 Å². The van der Waals surface area contributed by atoms with Gasteiger partial charge in [0.05, 0.1) is 15.6 Å². The Bertz CT molecular complexity index is 951. The number of pyridine rings is 2. The van der Waals surface area contributed by atoms with E-state index in [0.29, 0.717) is 34.8 Å². The first kappa shape index (κ1) is 18.9. The van der Waals surface area contributed by atoms with Crippen LogP contribution < -0.4 is 10.6 Å². The summed E-state index contributed by atoms with van der Waals surface area (Å²) >= 11 is 12.2. The lowest BCUT2D eigenvalue weighted by Gasteiger charge is -2.10. The molecule has 0 radical (unpaired) electrons. The molecule has 9 heteroatoms. The highest BCUT2D eigenvalue weighted by Gasteiger charge is 2.07. The average molecular weight is 404 g/mol. The van der Waals surface area contributed by atoms with Crippen molar-refractivity contribution in [2.75, 3.05) is 23.7 Å². The fraction of sp³-hybridized carbons (Fsp3) is 0.111. The molecule has 0 spiro atoms. The molecule has 0 aliphatic carbocycles. The topological polar surface area (TPSA) is 93.0 Å². The number of hydrogen-bond donors (Lipinski definition) is 2. The molecule has 2 heterocycles. The third-order valence-corrected chi connectivity index (χ3v) is 4.20. The molecule has 0 aliphatic heterocycles. The van der Waals surface area contributed by atoms with E-state index in [1.165, 1.54) is 12.3 Å². The van der Waals surface area contributed by atoms with Gasteiger partial charge in [-0.25, -0.2) is 9.97 Å². The van der Waals surface area contributed by atoms with Crippen molar-refractivity contribution in [1.82, 2.24) is 9.97 Å². The first-order valence-electron chi connectivity index (χ1n) is 8.03. The monoisotopic (exact) mass is 403 g/mol. The summed E-state index contributed by atoms with van der Waals surface area (Å²) in [6.45, 7) is 1.15. The first-order valence-corrected chi connectivity index (χ1v) is 8.79. The van der Waals surface area contributed by atoms with Gasteiger partial charge in [0.15, 0.2) is 0 Å². The predicted octanol–water partition coefficient (Wildman–Crippen LogP) is 4.88. The Kier molecular flexibility index (Phi) is 6.05. The van der Waals surface area contributed by atoms with Crippen LogP contribution in [0, 0.1) is 10.1 Å². The van der Waals surface area contributed by atoms with Gasteiger partial charge in [-0.15, -0.1) is 0 Å². The van der Waals surface area contributed by atoms with Gasteiger partial charge in [0.1, 0.15) is 17.8 Å². The van der Waals surface area contributed by atoms with Gasteiger partial charge >= 0.3 is 0 Å². The lowest BCUT2D eigenvalue weighted by molar-refractivity contribution is -0.385. The number of nitro groups is 1. The molecular weight excluding hydrogens is 389 g/mol. The van der Waals surface area contributed by atoms with Gasteiger partial charge in [-0.3, -0.25) is 10.1 Å². The molecule has 0 aliphatic rings. The quantitative estimate of drug-likeness (QED) is 0.331. The van der Waals surface area contributed by atoms with E-state index in [-0.39, 0.29) is 5.69 Å². The second-order valence-electron chi connectivity index (χ2n) is 5.54. The van der Waals surface area contributed by atoms with E-state index < -0.39 is 4.92 Å². The third-order valence-electron chi connectivity index (χ3n) is 3.65. The van der Waals surface area contributed by atoms with Gasteiger partial charge < -0.3 is 10.6 Å². The third kappa shape index (κ3) is 5.06. The Morgan fingerprint density at radius 1 is 1.00 bits per heavy atom. The predicted molar refractivity (Wildman–Crippen MR) is 108 cm³/mol. The molecule has 3 rings (SSSR count). The summed E-state index contributed by atoms with van der Waals surface area (Å²) in [4.78, 5) is 18.7. The number of nitrogens with zero attached hydrogens (tertiary/aromatic N) is 3. The van der Waals surface area contributed by atoms with Crippen LogP contribution >= 0.6 is 23.2 Å². The maximum Gasteiger partial charge on any atom is 0.287 e. The summed E-state index contributed by atoms with van der Waals surface area (Å²) in [5, 5.41) is 18.0. The molecule has 27 heavy (non-hydrogen) atoms. The molecule has 7 nitrogen and oxygen atoms in total. The van der Waals surface area contributed by atoms with E-state index in [1.807, 2.05) is 24.3 Å². The van der Waals surface area contributed by atoms with Crippen LogP contribution in [-0.2, 0) is 0 Å². The van der Waals surface area contributed by atoms with Crippen LogP contribution in [0.4, 0.5) is 17.3 Å². The number of benzene rings is 1. The number of rotatable bonds is 7. The number of hydrogen-bond acceptors (Lipinski definition) is 6. The van der Waals surface area contributed by atoms with Crippen LogP contribution in [0.1, 0.15) is 0 Å². The van der Waals surface area contributed by atoms with E-state index in [9.17, 15) is 10.1 Å². The standard InChI is InChI=1S/C18H15Cl2N5O2/c19-12-4-6-14(15(20)10-12)16-2-1-3-18(24-16)22-9-8-21-17-7-5-13(11-23-17)25(26)27/h1-7,10-11H,8-9H2,(H,21,23)(H,22,24). The maximum absolute atomic E-state index is 10.6. The minimum atomic E-state index is -0.482. The zero-order chi connectivity index (χ0) is 19.2. The van der Waals surface area contributed by atoms with Gasteiger partial charge in [0.2, 0.25) is 0 Å². The Balaban J connectivity index is 1.56. The average Bonchev–Trinajstić information content (AvgIpc) is 2.66. The van der Waals surface area contributed by atoms with Gasteiger partial charge in [-0.1, -0.05) is 29.3 Å². The van der Waals surface area contributed by atoms with Crippen molar-refractivity contribution >= 4 is 40.5 Å². The fourth-order valence-corrected chi connectivity index (χ4v) is 2.87. The molecule has 2 aromatic heterocycles. The molecule has 138 valence electrons. The van der Waals surface area contributed by atoms with Crippen LogP contribution in [0.25, 0.3) is 11.3 Å². The Morgan fingerprint density at radius 2 is 1.78 bits per heavy atom. The summed E-state index contributed by atoms with van der Waals surface area (Å²) in [5.41, 5.74) is 1.50. The largest absolute Gasteiger partial charge is 0.368 e. The summed E-state index contributed by atoms with van der Waals surface area (Å²) < 4.78 is 0. The van der Waals surface area contributed by atoms with Gasteiger partial charge in [0.25, 0.3) is 5.69 Å². The molecule has 0 atom stereocenters. The van der Waals surface area contributed by atoms with Crippen molar-refractivity contribution in [1.29, 1.82) is 0 Å². The van der Waals surface area contributed by atoms with Crippen molar-refractivity contribution in [2.24, 2.45) is 0 Å². The molecule has 3 aromatic rings. The Hall–Kier alpha value is -2.90. The van der Waals surface area contributed by atoms with Crippen LogP contribution in [0.2, 0.25) is 10.0 Å². The van der Waals surface area contributed by atoms with Crippen molar-refractivity contribution in [3.63, 3.8) is 0 Å². The highest BCUT2D eigenvalue weighted by atomic mass is 35.5. The molecule has 2 N–H and O–H groups in total.